The lowest BCUT2D eigenvalue weighted by Crippen LogP contribution is -1.99. The van der Waals surface area contributed by atoms with Gasteiger partial charge in [0.25, 0.3) is 0 Å². The van der Waals surface area contributed by atoms with Crippen molar-refractivity contribution in [1.82, 2.24) is 19.8 Å². The van der Waals surface area contributed by atoms with Crippen LogP contribution < -0.4 is 9.47 Å². The maximum Gasteiger partial charge on any atom is 0.235 e. The molecule has 5 aromatic rings. The Kier molecular flexibility index (Phi) is 3.98. The van der Waals surface area contributed by atoms with Crippen LogP contribution in [-0.4, -0.2) is 34.0 Å². The van der Waals surface area contributed by atoms with Crippen molar-refractivity contribution >= 4 is 27.3 Å². The summed E-state index contributed by atoms with van der Waals surface area (Å²) in [6, 6.07) is 15.7. The van der Waals surface area contributed by atoms with Gasteiger partial charge < -0.3 is 13.9 Å². The number of benzene rings is 2. The molecule has 2 aromatic carbocycles. The Hall–Kier alpha value is -3.39. The largest absolute Gasteiger partial charge is 0.493 e. The number of aromatic nitrogens is 4. The molecule has 5 rings (SSSR count). The van der Waals surface area contributed by atoms with Crippen molar-refractivity contribution in [3.05, 3.63) is 59.9 Å². The molecule has 0 fully saturated rings. The number of furan rings is 1. The molecule has 140 valence electrons. The third kappa shape index (κ3) is 2.78. The first-order chi connectivity index (χ1) is 13.7. The molecule has 0 aliphatic heterocycles. The molecule has 0 amide bonds. The van der Waals surface area contributed by atoms with Gasteiger partial charge in [-0.25, -0.2) is 0 Å². The number of methoxy groups -OCH3 is 2. The van der Waals surface area contributed by atoms with Gasteiger partial charge in [-0.3, -0.25) is 0 Å². The fourth-order valence-corrected chi connectivity index (χ4v) is 3.94. The molecule has 3 aromatic heterocycles. The van der Waals surface area contributed by atoms with Gasteiger partial charge >= 0.3 is 0 Å². The molecule has 0 N–H and O–H groups in total. The second kappa shape index (κ2) is 6.65. The lowest BCUT2D eigenvalue weighted by molar-refractivity contribution is 0.354. The number of ether oxygens (including phenoxy) is 2. The zero-order valence-electron chi connectivity index (χ0n) is 15.2. The fraction of sp³-hybridized carbons (Fsp3) is 0.150. The van der Waals surface area contributed by atoms with Crippen LogP contribution in [0.1, 0.15) is 11.4 Å². The Balaban J connectivity index is 1.50. The van der Waals surface area contributed by atoms with Crippen molar-refractivity contribution in [3.8, 4) is 22.3 Å². The Morgan fingerprint density at radius 2 is 1.86 bits per heavy atom. The summed E-state index contributed by atoms with van der Waals surface area (Å²) in [7, 11) is 3.24. The molecule has 8 heteroatoms. The molecule has 0 unspecified atom stereocenters. The first kappa shape index (κ1) is 16.8. The van der Waals surface area contributed by atoms with E-state index in [-0.39, 0.29) is 0 Å². The van der Waals surface area contributed by atoms with Gasteiger partial charge in [0.2, 0.25) is 4.96 Å². The van der Waals surface area contributed by atoms with Gasteiger partial charge in [0.05, 0.1) is 14.2 Å². The van der Waals surface area contributed by atoms with E-state index in [1.807, 2.05) is 48.5 Å². The van der Waals surface area contributed by atoms with Crippen LogP contribution in [0, 0.1) is 0 Å². The number of fused-ring (bicyclic) bond motifs is 2. The van der Waals surface area contributed by atoms with E-state index >= 15 is 0 Å². The highest BCUT2D eigenvalue weighted by Crippen LogP contribution is 2.32. The van der Waals surface area contributed by atoms with E-state index in [0.29, 0.717) is 17.9 Å². The number of para-hydroxylation sites is 1. The number of hydrogen-bond donors (Lipinski definition) is 0. The Morgan fingerprint density at radius 1 is 1.00 bits per heavy atom. The second-order valence-corrected chi connectivity index (χ2v) is 7.19. The number of nitrogens with zero attached hydrogens (tertiary/aromatic N) is 4. The molecule has 28 heavy (non-hydrogen) atoms. The van der Waals surface area contributed by atoms with Gasteiger partial charge in [0.15, 0.2) is 28.1 Å². The zero-order chi connectivity index (χ0) is 19.1. The molecule has 0 saturated heterocycles. The third-order valence-electron chi connectivity index (χ3n) is 4.50. The second-order valence-electron chi connectivity index (χ2n) is 6.23. The van der Waals surface area contributed by atoms with Gasteiger partial charge in [-0.2, -0.15) is 4.52 Å². The minimum atomic E-state index is 0.574. The summed E-state index contributed by atoms with van der Waals surface area (Å²) in [6.07, 6.45) is 0.574. The van der Waals surface area contributed by atoms with Crippen molar-refractivity contribution in [1.29, 1.82) is 0 Å². The van der Waals surface area contributed by atoms with E-state index in [9.17, 15) is 0 Å². The fourth-order valence-electron chi connectivity index (χ4n) is 3.13. The summed E-state index contributed by atoms with van der Waals surface area (Å²) in [4.78, 5) is 0.728. The predicted octanol–water partition coefficient (Wildman–Crippen LogP) is 4.21. The molecule has 0 bridgehead atoms. The normalized spacial score (nSPS) is 11.4. The first-order valence-electron chi connectivity index (χ1n) is 8.66. The van der Waals surface area contributed by atoms with Crippen LogP contribution in [0.2, 0.25) is 0 Å². The van der Waals surface area contributed by atoms with Crippen LogP contribution in [0.4, 0.5) is 0 Å². The van der Waals surface area contributed by atoms with Gasteiger partial charge in [-0.05, 0) is 29.8 Å². The van der Waals surface area contributed by atoms with Crippen molar-refractivity contribution in [2.45, 2.75) is 6.42 Å². The minimum Gasteiger partial charge on any atom is -0.493 e. The highest BCUT2D eigenvalue weighted by Gasteiger charge is 2.17. The van der Waals surface area contributed by atoms with Crippen LogP contribution in [0.3, 0.4) is 0 Å². The van der Waals surface area contributed by atoms with E-state index in [0.717, 1.165) is 38.1 Å². The summed E-state index contributed by atoms with van der Waals surface area (Å²) in [6.45, 7) is 0. The van der Waals surface area contributed by atoms with Crippen molar-refractivity contribution in [2.24, 2.45) is 0 Å². The molecular weight excluding hydrogens is 376 g/mol. The first-order valence-corrected chi connectivity index (χ1v) is 9.48. The molecule has 0 aliphatic carbocycles. The summed E-state index contributed by atoms with van der Waals surface area (Å²) in [5.74, 6) is 2.86. The quantitative estimate of drug-likeness (QED) is 0.446. The monoisotopic (exact) mass is 392 g/mol. The van der Waals surface area contributed by atoms with E-state index in [2.05, 4.69) is 15.3 Å². The van der Waals surface area contributed by atoms with E-state index in [1.165, 1.54) is 11.3 Å². The highest BCUT2D eigenvalue weighted by molar-refractivity contribution is 7.19. The number of hydrogen-bond acceptors (Lipinski definition) is 7. The lowest BCUT2D eigenvalue weighted by Gasteiger charge is -2.08. The van der Waals surface area contributed by atoms with Crippen LogP contribution in [-0.2, 0) is 6.42 Å². The Bertz CT molecular complexity index is 1250. The molecule has 0 radical (unpaired) electrons. The van der Waals surface area contributed by atoms with Crippen LogP contribution in [0.5, 0.6) is 11.5 Å². The molecule has 0 atom stereocenters. The van der Waals surface area contributed by atoms with Gasteiger partial charge in [0, 0.05) is 11.8 Å². The van der Waals surface area contributed by atoms with Gasteiger partial charge in [-0.1, -0.05) is 35.6 Å². The van der Waals surface area contributed by atoms with Crippen LogP contribution in [0.25, 0.3) is 26.7 Å². The van der Waals surface area contributed by atoms with Crippen LogP contribution in [0.15, 0.2) is 52.9 Å². The molecule has 7 nitrogen and oxygen atoms in total. The Morgan fingerprint density at radius 3 is 2.68 bits per heavy atom. The number of rotatable bonds is 5. The molecule has 0 aliphatic rings. The topological polar surface area (TPSA) is 74.7 Å². The molecule has 3 heterocycles. The summed E-state index contributed by atoms with van der Waals surface area (Å²) in [5, 5.41) is 15.0. The van der Waals surface area contributed by atoms with Crippen molar-refractivity contribution < 1.29 is 13.9 Å². The van der Waals surface area contributed by atoms with E-state index in [1.54, 1.807) is 18.7 Å². The van der Waals surface area contributed by atoms with E-state index in [4.69, 9.17) is 13.9 Å². The SMILES string of the molecule is COc1ccc(Cc2nnc3sc(-c4cc5ccccc5o4)nn23)cc1OC. The average molecular weight is 392 g/mol. The van der Waals surface area contributed by atoms with Gasteiger partial charge in [0.1, 0.15) is 5.58 Å². The summed E-state index contributed by atoms with van der Waals surface area (Å²) in [5.41, 5.74) is 1.87. The highest BCUT2D eigenvalue weighted by atomic mass is 32.1. The zero-order valence-corrected chi connectivity index (χ0v) is 16.1. The summed E-state index contributed by atoms with van der Waals surface area (Å²) < 4.78 is 18.4. The molecular formula is C20H16N4O3S. The van der Waals surface area contributed by atoms with Crippen molar-refractivity contribution in [3.63, 3.8) is 0 Å². The lowest BCUT2D eigenvalue weighted by atomic mass is 10.1. The van der Waals surface area contributed by atoms with E-state index < -0.39 is 0 Å². The summed E-state index contributed by atoms with van der Waals surface area (Å²) >= 11 is 1.45. The maximum absolute atomic E-state index is 5.92. The Labute approximate surface area is 164 Å². The smallest absolute Gasteiger partial charge is 0.235 e. The molecule has 0 spiro atoms. The predicted molar refractivity (Wildman–Crippen MR) is 106 cm³/mol. The standard InChI is InChI=1S/C20H16N4O3S/c1-25-15-8-7-12(9-16(15)26-2)10-18-21-22-20-24(18)23-19(28-20)17-11-13-5-3-4-6-14(13)27-17/h3-9,11H,10H2,1-2H3. The third-order valence-corrected chi connectivity index (χ3v) is 5.42. The minimum absolute atomic E-state index is 0.574. The maximum atomic E-state index is 5.92. The van der Waals surface area contributed by atoms with Crippen LogP contribution >= 0.6 is 11.3 Å². The molecule has 0 saturated carbocycles. The average Bonchev–Trinajstić information content (AvgIpc) is 3.42. The van der Waals surface area contributed by atoms with Crippen molar-refractivity contribution in [2.75, 3.05) is 14.2 Å². The van der Waals surface area contributed by atoms with Gasteiger partial charge in [-0.15, -0.1) is 15.3 Å².